The van der Waals surface area contributed by atoms with E-state index in [1.54, 1.807) is 6.07 Å². The first-order chi connectivity index (χ1) is 8.43. The summed E-state index contributed by atoms with van der Waals surface area (Å²) in [5.41, 5.74) is 2.79. The lowest BCUT2D eigenvalue weighted by Gasteiger charge is -2.16. The third-order valence-corrected chi connectivity index (χ3v) is 2.32. The molecule has 0 spiro atoms. The van der Waals surface area contributed by atoms with Crippen molar-refractivity contribution in [1.29, 1.82) is 0 Å². The fourth-order valence-corrected chi connectivity index (χ4v) is 1.56. The average Bonchev–Trinajstić information content (AvgIpc) is 2.27. The topological polar surface area (TPSA) is 84.4 Å². The van der Waals surface area contributed by atoms with Gasteiger partial charge in [-0.1, -0.05) is 6.07 Å². The van der Waals surface area contributed by atoms with Gasteiger partial charge in [0.15, 0.2) is 0 Å². The van der Waals surface area contributed by atoms with E-state index < -0.39 is 11.3 Å². The minimum atomic E-state index is -2.44. The predicted octanol–water partition coefficient (Wildman–Crippen LogP) is 1.58. The molecule has 6 nitrogen and oxygen atoms in total. The van der Waals surface area contributed by atoms with Crippen LogP contribution in [0.5, 0.6) is 0 Å². The smallest absolute Gasteiger partial charge is 0.293 e. The highest BCUT2D eigenvalue weighted by Gasteiger charge is 2.15. The standard InChI is InChI=1S/C10H14F2N4O2/c1-15(6-10(11)12)5-7-2-3-8(14-13)9(4-7)16(17)18/h2-4,10,14H,5-6,13H2,1H3. The average molecular weight is 260 g/mol. The molecule has 1 aromatic rings. The number of halogens is 2. The van der Waals surface area contributed by atoms with Gasteiger partial charge in [-0.3, -0.25) is 20.9 Å². The quantitative estimate of drug-likeness (QED) is 0.461. The minimum Gasteiger partial charge on any atom is -0.318 e. The Morgan fingerprint density at radius 2 is 2.22 bits per heavy atom. The molecule has 100 valence electrons. The first-order valence-corrected chi connectivity index (χ1v) is 5.14. The van der Waals surface area contributed by atoms with E-state index >= 15 is 0 Å². The number of nitrogens with two attached hydrogens (primary N) is 1. The third kappa shape index (κ3) is 3.90. The second-order valence-electron chi connectivity index (χ2n) is 3.84. The lowest BCUT2D eigenvalue weighted by atomic mass is 10.1. The number of nitro benzene ring substituents is 1. The summed E-state index contributed by atoms with van der Waals surface area (Å²) in [5.74, 6) is 5.14. The molecule has 0 saturated heterocycles. The zero-order valence-electron chi connectivity index (χ0n) is 9.77. The Labute approximate surface area is 102 Å². The summed E-state index contributed by atoms with van der Waals surface area (Å²) in [6.45, 7) is -0.180. The van der Waals surface area contributed by atoms with Gasteiger partial charge in [0.2, 0.25) is 0 Å². The molecule has 0 heterocycles. The first kappa shape index (κ1) is 14.3. The number of nitro groups is 1. The van der Waals surface area contributed by atoms with Crippen molar-refractivity contribution in [3.05, 3.63) is 33.9 Å². The normalized spacial score (nSPS) is 11.0. The fraction of sp³-hybridized carbons (Fsp3) is 0.400. The molecule has 0 bridgehead atoms. The lowest BCUT2D eigenvalue weighted by Crippen LogP contribution is -2.24. The van der Waals surface area contributed by atoms with E-state index in [0.717, 1.165) is 0 Å². The number of nitrogens with one attached hydrogen (secondary N) is 1. The van der Waals surface area contributed by atoms with Crippen LogP contribution < -0.4 is 11.3 Å². The highest BCUT2D eigenvalue weighted by molar-refractivity contribution is 5.61. The lowest BCUT2D eigenvalue weighted by molar-refractivity contribution is -0.384. The van der Waals surface area contributed by atoms with Crippen LogP contribution in [0.4, 0.5) is 20.2 Å². The molecule has 1 rings (SSSR count). The molecule has 8 heteroatoms. The first-order valence-electron chi connectivity index (χ1n) is 5.14. The van der Waals surface area contributed by atoms with Crippen molar-refractivity contribution in [3.63, 3.8) is 0 Å². The maximum atomic E-state index is 12.1. The van der Waals surface area contributed by atoms with E-state index in [2.05, 4.69) is 5.43 Å². The van der Waals surface area contributed by atoms with Gasteiger partial charge < -0.3 is 5.43 Å². The molecule has 0 atom stereocenters. The molecular formula is C10H14F2N4O2. The van der Waals surface area contributed by atoms with E-state index in [1.807, 2.05) is 0 Å². The van der Waals surface area contributed by atoms with Crippen LogP contribution in [0.15, 0.2) is 18.2 Å². The molecule has 0 radical (unpaired) electrons. The van der Waals surface area contributed by atoms with Crippen LogP contribution in [0.25, 0.3) is 0 Å². The largest absolute Gasteiger partial charge is 0.318 e. The van der Waals surface area contributed by atoms with Gasteiger partial charge >= 0.3 is 0 Å². The van der Waals surface area contributed by atoms with Crippen LogP contribution in [-0.4, -0.2) is 29.8 Å². The summed E-state index contributed by atoms with van der Waals surface area (Å²) in [6, 6.07) is 4.37. The van der Waals surface area contributed by atoms with E-state index in [4.69, 9.17) is 5.84 Å². The Morgan fingerprint density at radius 3 is 2.72 bits per heavy atom. The molecule has 0 aliphatic heterocycles. The van der Waals surface area contributed by atoms with Gasteiger partial charge in [-0.05, 0) is 18.7 Å². The number of anilines is 1. The maximum Gasteiger partial charge on any atom is 0.293 e. The van der Waals surface area contributed by atoms with E-state index in [9.17, 15) is 18.9 Å². The molecule has 3 N–H and O–H groups in total. The number of rotatable bonds is 6. The van der Waals surface area contributed by atoms with Gasteiger partial charge in [-0.2, -0.15) is 0 Å². The van der Waals surface area contributed by atoms with Crippen LogP contribution in [0.1, 0.15) is 5.56 Å². The molecule has 0 aliphatic carbocycles. The summed E-state index contributed by atoms with van der Waals surface area (Å²) in [5, 5.41) is 10.8. The van der Waals surface area contributed by atoms with Crippen molar-refractivity contribution in [1.82, 2.24) is 4.90 Å². The molecule has 0 unspecified atom stereocenters. The number of benzene rings is 1. The predicted molar refractivity (Wildman–Crippen MR) is 63.2 cm³/mol. The van der Waals surface area contributed by atoms with E-state index in [1.165, 1.54) is 24.1 Å². The third-order valence-electron chi connectivity index (χ3n) is 2.32. The molecule has 0 aliphatic rings. The van der Waals surface area contributed by atoms with Crippen molar-refractivity contribution in [2.45, 2.75) is 13.0 Å². The second kappa shape index (κ2) is 6.22. The zero-order valence-corrected chi connectivity index (χ0v) is 9.77. The van der Waals surface area contributed by atoms with Gasteiger partial charge in [-0.25, -0.2) is 8.78 Å². The van der Waals surface area contributed by atoms with Gasteiger partial charge in [-0.15, -0.1) is 0 Å². The van der Waals surface area contributed by atoms with Gasteiger partial charge in [0.05, 0.1) is 11.5 Å². The number of hydrogen-bond donors (Lipinski definition) is 2. The Kier molecular flexibility index (Phi) is 4.93. The Bertz CT molecular complexity index is 428. The SMILES string of the molecule is CN(Cc1ccc(NN)c([N+](=O)[O-])c1)CC(F)F. The van der Waals surface area contributed by atoms with Gasteiger partial charge in [0.1, 0.15) is 5.69 Å². The van der Waals surface area contributed by atoms with Crippen LogP contribution in [0.3, 0.4) is 0 Å². The number of nitrogen functional groups attached to an aromatic ring is 1. The number of hydrazine groups is 1. The van der Waals surface area contributed by atoms with Crippen molar-refractivity contribution in [2.75, 3.05) is 19.0 Å². The van der Waals surface area contributed by atoms with Crippen molar-refractivity contribution in [2.24, 2.45) is 5.84 Å². The van der Waals surface area contributed by atoms with E-state index in [-0.39, 0.29) is 24.5 Å². The highest BCUT2D eigenvalue weighted by Crippen LogP contribution is 2.25. The van der Waals surface area contributed by atoms with Crippen molar-refractivity contribution >= 4 is 11.4 Å². The molecule has 1 aromatic carbocycles. The molecule has 18 heavy (non-hydrogen) atoms. The fourth-order valence-electron chi connectivity index (χ4n) is 1.56. The minimum absolute atomic E-state index is 0.180. The number of hydrogen-bond acceptors (Lipinski definition) is 5. The van der Waals surface area contributed by atoms with E-state index in [0.29, 0.717) is 5.56 Å². The summed E-state index contributed by atoms with van der Waals surface area (Å²) < 4.78 is 24.3. The van der Waals surface area contributed by atoms with Gasteiger partial charge in [0, 0.05) is 12.6 Å². The van der Waals surface area contributed by atoms with Gasteiger partial charge in [0.25, 0.3) is 12.1 Å². The van der Waals surface area contributed by atoms with Crippen LogP contribution in [0.2, 0.25) is 0 Å². The summed E-state index contributed by atoms with van der Waals surface area (Å²) in [4.78, 5) is 11.6. The summed E-state index contributed by atoms with van der Waals surface area (Å²) in [6.07, 6.45) is -2.44. The second-order valence-corrected chi connectivity index (χ2v) is 3.84. The van der Waals surface area contributed by atoms with Crippen molar-refractivity contribution < 1.29 is 13.7 Å². The van der Waals surface area contributed by atoms with Crippen LogP contribution >= 0.6 is 0 Å². The molecule has 0 amide bonds. The summed E-state index contributed by atoms with van der Waals surface area (Å²) in [7, 11) is 1.52. The Morgan fingerprint density at radius 1 is 1.56 bits per heavy atom. The Hall–Kier alpha value is -1.80. The molecule has 0 saturated carbocycles. The Balaban J connectivity index is 2.85. The summed E-state index contributed by atoms with van der Waals surface area (Å²) >= 11 is 0. The molecular weight excluding hydrogens is 246 g/mol. The van der Waals surface area contributed by atoms with Crippen LogP contribution in [0, 0.1) is 10.1 Å². The highest BCUT2D eigenvalue weighted by atomic mass is 19.3. The molecule has 0 aromatic heterocycles. The van der Waals surface area contributed by atoms with Crippen molar-refractivity contribution in [3.8, 4) is 0 Å². The maximum absolute atomic E-state index is 12.1. The number of alkyl halides is 2. The molecule has 0 fully saturated rings. The zero-order chi connectivity index (χ0) is 13.7. The van der Waals surface area contributed by atoms with Crippen LogP contribution in [-0.2, 0) is 6.54 Å². The monoisotopic (exact) mass is 260 g/mol. The number of nitrogens with zero attached hydrogens (tertiary/aromatic N) is 2.